The van der Waals surface area contributed by atoms with Gasteiger partial charge in [0.1, 0.15) is 11.6 Å². The first kappa shape index (κ1) is 34.7. The first-order valence-electron chi connectivity index (χ1n) is 17.9. The normalized spacial score (nSPS) is 17.3. The van der Waals surface area contributed by atoms with Gasteiger partial charge >= 0.3 is 0 Å². The van der Waals surface area contributed by atoms with Crippen molar-refractivity contribution in [2.75, 3.05) is 53.3 Å². The molecule has 8 rings (SSSR count). The van der Waals surface area contributed by atoms with Crippen LogP contribution >= 0.6 is 11.3 Å². The van der Waals surface area contributed by atoms with Crippen molar-refractivity contribution in [2.45, 2.75) is 39.5 Å². The van der Waals surface area contributed by atoms with Crippen LogP contribution in [-0.4, -0.2) is 55.6 Å². The number of fused-ring (bicyclic) bond motifs is 3. The molecule has 3 aliphatic heterocycles. The van der Waals surface area contributed by atoms with Gasteiger partial charge in [0.05, 0.1) is 21.8 Å². The fourth-order valence-corrected chi connectivity index (χ4v) is 8.90. The van der Waals surface area contributed by atoms with Crippen molar-refractivity contribution in [2.24, 2.45) is 5.41 Å². The SMILES string of the molecule is Cc1cnc(N2CC3(CCOCC3)C2)c(C(=O)Nc2ccc(C(=O)N3C[C@@H](C)c4cc(C(=O)Nc5c(C)cccc5F)sc4-c4ccccc43)cc2)c1. The Labute approximate surface area is 311 Å². The van der Waals surface area contributed by atoms with Gasteiger partial charge in [-0.3, -0.25) is 14.4 Å². The van der Waals surface area contributed by atoms with Gasteiger partial charge in [0.15, 0.2) is 0 Å². The molecule has 5 aromatic rings. The van der Waals surface area contributed by atoms with Crippen LogP contribution in [0, 0.1) is 25.1 Å². The summed E-state index contributed by atoms with van der Waals surface area (Å²) in [6, 6.07) is 23.1. The number of nitrogens with one attached hydrogen (secondary N) is 2. The molecule has 1 atom stereocenters. The summed E-state index contributed by atoms with van der Waals surface area (Å²) in [4.78, 5) is 51.2. The minimum Gasteiger partial charge on any atom is -0.381 e. The number of pyridine rings is 1. The van der Waals surface area contributed by atoms with Gasteiger partial charge in [-0.2, -0.15) is 0 Å². The number of aryl methyl sites for hydroxylation is 2. The second-order valence-electron chi connectivity index (χ2n) is 14.5. The molecule has 3 aliphatic rings. The Kier molecular flexibility index (Phi) is 9.08. The van der Waals surface area contributed by atoms with E-state index >= 15 is 0 Å². The van der Waals surface area contributed by atoms with E-state index in [1.165, 1.54) is 17.4 Å². The third-order valence-corrected chi connectivity index (χ3v) is 11.8. The Hall–Kier alpha value is -5.39. The standard InChI is InChI=1S/C42H40FN5O4S/c1-25-19-32(38(44-21-25)47-23-42(24-47)15-17-52-18-16-42)39(49)45-29-13-11-28(12-14-29)41(51)48-22-27(3)31-20-35(53-37(31)30-8-4-5-10-34(30)48)40(50)46-36-26(2)7-6-9-33(36)43/h4-14,19-21,27H,15-18,22-24H2,1-3H3,(H,45,49)(H,46,50)/t27-/m1/s1. The molecule has 0 bridgehead atoms. The molecule has 9 nitrogen and oxygen atoms in total. The highest BCUT2D eigenvalue weighted by Gasteiger charge is 2.45. The van der Waals surface area contributed by atoms with Crippen LogP contribution in [0.2, 0.25) is 0 Å². The average molecular weight is 730 g/mol. The lowest BCUT2D eigenvalue weighted by Gasteiger charge is -2.53. The predicted octanol–water partition coefficient (Wildman–Crippen LogP) is 8.45. The van der Waals surface area contributed by atoms with Crippen LogP contribution in [0.15, 0.2) is 85.1 Å². The van der Waals surface area contributed by atoms with Gasteiger partial charge in [0, 0.05) is 72.1 Å². The molecule has 0 aliphatic carbocycles. The number of hydrogen-bond donors (Lipinski definition) is 2. The molecule has 53 heavy (non-hydrogen) atoms. The van der Waals surface area contributed by atoms with Crippen molar-refractivity contribution in [3.05, 3.63) is 124 Å². The van der Waals surface area contributed by atoms with Crippen molar-refractivity contribution in [3.63, 3.8) is 0 Å². The van der Waals surface area contributed by atoms with Gasteiger partial charge in [0.25, 0.3) is 17.7 Å². The summed E-state index contributed by atoms with van der Waals surface area (Å²) in [7, 11) is 0. The second kappa shape index (κ2) is 13.9. The van der Waals surface area contributed by atoms with Crippen LogP contribution < -0.4 is 20.4 Å². The molecule has 11 heteroatoms. The van der Waals surface area contributed by atoms with Crippen LogP contribution in [0.4, 0.5) is 27.3 Å². The largest absolute Gasteiger partial charge is 0.381 e. The molecule has 3 aromatic carbocycles. The van der Waals surface area contributed by atoms with Crippen molar-refractivity contribution >= 4 is 51.9 Å². The van der Waals surface area contributed by atoms with Crippen molar-refractivity contribution in [1.29, 1.82) is 0 Å². The number of thiophene rings is 1. The Bertz CT molecular complexity index is 2220. The number of carbonyl (C=O) groups is 3. The molecule has 5 heterocycles. The van der Waals surface area contributed by atoms with E-state index in [0.29, 0.717) is 39.6 Å². The van der Waals surface area contributed by atoms with Gasteiger partial charge in [-0.05, 0) is 91.9 Å². The van der Waals surface area contributed by atoms with Gasteiger partial charge in [-0.15, -0.1) is 11.3 Å². The fourth-order valence-electron chi connectivity index (χ4n) is 7.69. The number of ether oxygens (including phenoxy) is 1. The zero-order valence-corrected chi connectivity index (χ0v) is 30.7. The summed E-state index contributed by atoms with van der Waals surface area (Å²) in [6.07, 6.45) is 3.85. The topological polar surface area (TPSA) is 104 Å². The van der Waals surface area contributed by atoms with Gasteiger partial charge < -0.3 is 25.2 Å². The van der Waals surface area contributed by atoms with Crippen molar-refractivity contribution in [1.82, 2.24) is 4.98 Å². The minimum atomic E-state index is -0.483. The van der Waals surface area contributed by atoms with Gasteiger partial charge in [-0.25, -0.2) is 9.37 Å². The number of anilines is 4. The number of hydrogen-bond acceptors (Lipinski definition) is 7. The van der Waals surface area contributed by atoms with Crippen LogP contribution in [0.25, 0.3) is 10.4 Å². The fraction of sp³-hybridized carbons (Fsp3) is 0.286. The van der Waals surface area contributed by atoms with Crippen LogP contribution in [0.1, 0.15) is 72.8 Å². The minimum absolute atomic E-state index is 0.0993. The van der Waals surface area contributed by atoms with Crippen LogP contribution in [0.3, 0.4) is 0 Å². The molecule has 2 saturated heterocycles. The summed E-state index contributed by atoms with van der Waals surface area (Å²) < 4.78 is 20.1. The number of halogens is 1. The Morgan fingerprint density at radius 2 is 1.68 bits per heavy atom. The molecular weight excluding hydrogens is 690 g/mol. The average Bonchev–Trinajstić information content (AvgIpc) is 3.56. The van der Waals surface area contributed by atoms with Gasteiger partial charge in [-0.1, -0.05) is 37.3 Å². The molecular formula is C42H40FN5O4S. The summed E-state index contributed by atoms with van der Waals surface area (Å²) in [6.45, 7) is 9.39. The Balaban J connectivity index is 0.994. The van der Waals surface area contributed by atoms with E-state index in [1.54, 1.807) is 54.4 Å². The highest BCUT2D eigenvalue weighted by Crippen LogP contribution is 2.46. The molecule has 3 amide bonds. The monoisotopic (exact) mass is 729 g/mol. The summed E-state index contributed by atoms with van der Waals surface area (Å²) in [5.74, 6) is -0.689. The molecule has 0 saturated carbocycles. The predicted molar refractivity (Wildman–Crippen MR) is 207 cm³/mol. The second-order valence-corrected chi connectivity index (χ2v) is 15.6. The van der Waals surface area contributed by atoms with E-state index in [4.69, 9.17) is 4.74 Å². The number of para-hydroxylation sites is 2. The number of nitrogens with zero attached hydrogens (tertiary/aromatic N) is 3. The molecule has 0 unspecified atom stereocenters. The molecule has 2 fully saturated rings. The lowest BCUT2D eigenvalue weighted by molar-refractivity contribution is -0.000511. The highest BCUT2D eigenvalue weighted by molar-refractivity contribution is 7.17. The quantitative estimate of drug-likeness (QED) is 0.182. The smallest absolute Gasteiger partial charge is 0.265 e. The lowest BCUT2D eigenvalue weighted by Crippen LogP contribution is -2.59. The number of benzene rings is 3. The number of aromatic nitrogens is 1. The molecule has 1 spiro atoms. The lowest BCUT2D eigenvalue weighted by atomic mass is 9.73. The third-order valence-electron chi connectivity index (χ3n) is 10.7. The summed E-state index contributed by atoms with van der Waals surface area (Å²) >= 11 is 1.34. The van der Waals surface area contributed by atoms with E-state index in [9.17, 15) is 18.8 Å². The zero-order valence-electron chi connectivity index (χ0n) is 29.9. The van der Waals surface area contributed by atoms with Gasteiger partial charge in [0.2, 0.25) is 0 Å². The maximum absolute atomic E-state index is 14.5. The van der Waals surface area contributed by atoms with E-state index in [1.807, 2.05) is 50.2 Å². The number of carbonyl (C=O) groups excluding carboxylic acids is 3. The third kappa shape index (κ3) is 6.59. The zero-order chi connectivity index (χ0) is 36.9. The molecule has 2 aromatic heterocycles. The molecule has 2 N–H and O–H groups in total. The molecule has 270 valence electrons. The van der Waals surface area contributed by atoms with E-state index < -0.39 is 5.82 Å². The maximum Gasteiger partial charge on any atom is 0.265 e. The Morgan fingerprint density at radius 1 is 0.925 bits per heavy atom. The van der Waals surface area contributed by atoms with Crippen LogP contribution in [-0.2, 0) is 4.74 Å². The maximum atomic E-state index is 14.5. The first-order chi connectivity index (χ1) is 25.6. The van der Waals surface area contributed by atoms with Crippen molar-refractivity contribution in [3.8, 4) is 10.4 Å². The summed E-state index contributed by atoms with van der Waals surface area (Å²) in [5, 5.41) is 5.78. The van der Waals surface area contributed by atoms with Crippen molar-refractivity contribution < 1.29 is 23.5 Å². The van der Waals surface area contributed by atoms with Crippen LogP contribution in [0.5, 0.6) is 0 Å². The molecule has 0 radical (unpaired) electrons. The van der Waals surface area contributed by atoms with E-state index in [-0.39, 0.29) is 34.7 Å². The number of amides is 3. The Morgan fingerprint density at radius 3 is 2.43 bits per heavy atom. The number of rotatable bonds is 6. The summed E-state index contributed by atoms with van der Waals surface area (Å²) in [5.41, 5.74) is 6.08. The highest BCUT2D eigenvalue weighted by atomic mass is 32.1. The first-order valence-corrected chi connectivity index (χ1v) is 18.7. The van der Waals surface area contributed by atoms with E-state index in [2.05, 4.69) is 20.5 Å². The van der Waals surface area contributed by atoms with E-state index in [0.717, 1.165) is 66.4 Å².